The number of rotatable bonds is 4. The summed E-state index contributed by atoms with van der Waals surface area (Å²) in [7, 11) is 0. The molecule has 106 valence electrons. The number of nitrogens with one attached hydrogen (secondary N) is 1. The average molecular weight is 272 g/mol. The summed E-state index contributed by atoms with van der Waals surface area (Å²) in [4.78, 5) is 25.3. The number of likely N-dealkylation sites (tertiary alicyclic amines) is 1. The summed E-state index contributed by atoms with van der Waals surface area (Å²) in [5, 5.41) is 2.63. The quantitative estimate of drug-likeness (QED) is 0.850. The first-order valence-corrected chi connectivity index (χ1v) is 7.04. The van der Waals surface area contributed by atoms with Crippen molar-refractivity contribution >= 4 is 17.9 Å². The zero-order chi connectivity index (χ0) is 14.2. The van der Waals surface area contributed by atoms with Crippen LogP contribution in [0.5, 0.6) is 0 Å². The minimum Gasteiger partial charge on any atom is -0.343 e. The molecule has 0 saturated carbocycles. The third-order valence-electron chi connectivity index (χ3n) is 3.35. The van der Waals surface area contributed by atoms with Gasteiger partial charge in [0.15, 0.2) is 0 Å². The van der Waals surface area contributed by atoms with Gasteiger partial charge in [-0.2, -0.15) is 0 Å². The summed E-state index contributed by atoms with van der Waals surface area (Å²) in [5.41, 5.74) is 0.963. The molecule has 1 aromatic rings. The van der Waals surface area contributed by atoms with Crippen molar-refractivity contribution in [2.75, 3.05) is 19.6 Å². The molecule has 0 aromatic heterocycles. The SMILES string of the molecule is O=C(/C=C/c1ccccc1)NCC(=O)N1CCCCC1. The molecule has 0 atom stereocenters. The lowest BCUT2D eigenvalue weighted by Gasteiger charge is -2.26. The lowest BCUT2D eigenvalue weighted by molar-refractivity contribution is -0.132. The maximum absolute atomic E-state index is 11.9. The van der Waals surface area contributed by atoms with Crippen LogP contribution in [0, 0.1) is 0 Å². The Morgan fingerprint density at radius 3 is 2.50 bits per heavy atom. The third kappa shape index (κ3) is 4.53. The number of amides is 2. The highest BCUT2D eigenvalue weighted by Gasteiger charge is 2.16. The molecule has 1 saturated heterocycles. The smallest absolute Gasteiger partial charge is 0.244 e. The normalized spacial score (nSPS) is 15.3. The lowest BCUT2D eigenvalue weighted by atomic mass is 10.1. The Labute approximate surface area is 119 Å². The Bertz CT molecular complexity index is 477. The van der Waals surface area contributed by atoms with Gasteiger partial charge in [0, 0.05) is 19.2 Å². The van der Waals surface area contributed by atoms with Gasteiger partial charge in [-0.25, -0.2) is 0 Å². The Morgan fingerprint density at radius 1 is 1.10 bits per heavy atom. The van der Waals surface area contributed by atoms with Gasteiger partial charge in [0.2, 0.25) is 11.8 Å². The van der Waals surface area contributed by atoms with Crippen LogP contribution in [0.25, 0.3) is 6.08 Å². The molecule has 20 heavy (non-hydrogen) atoms. The molecule has 0 bridgehead atoms. The van der Waals surface area contributed by atoms with Gasteiger partial charge in [0.1, 0.15) is 0 Å². The van der Waals surface area contributed by atoms with Gasteiger partial charge in [-0.05, 0) is 30.9 Å². The van der Waals surface area contributed by atoms with Crippen molar-refractivity contribution < 1.29 is 9.59 Å². The van der Waals surface area contributed by atoms with Crippen molar-refractivity contribution in [3.05, 3.63) is 42.0 Å². The number of hydrogen-bond donors (Lipinski definition) is 1. The fourth-order valence-corrected chi connectivity index (χ4v) is 2.21. The number of carbonyl (C=O) groups excluding carboxylic acids is 2. The van der Waals surface area contributed by atoms with Gasteiger partial charge < -0.3 is 10.2 Å². The molecule has 1 fully saturated rings. The first kappa shape index (κ1) is 14.3. The summed E-state index contributed by atoms with van der Waals surface area (Å²) < 4.78 is 0. The molecule has 0 radical (unpaired) electrons. The summed E-state index contributed by atoms with van der Waals surface area (Å²) in [5.74, 6) is -0.231. The number of nitrogens with zero attached hydrogens (tertiary/aromatic N) is 1. The van der Waals surface area contributed by atoms with Crippen LogP contribution < -0.4 is 5.32 Å². The first-order chi connectivity index (χ1) is 9.75. The number of benzene rings is 1. The van der Waals surface area contributed by atoms with E-state index in [2.05, 4.69) is 5.32 Å². The van der Waals surface area contributed by atoms with Crippen LogP contribution in [-0.2, 0) is 9.59 Å². The van der Waals surface area contributed by atoms with Crippen LogP contribution in [-0.4, -0.2) is 36.3 Å². The Kier molecular flexibility index (Phi) is 5.35. The zero-order valence-electron chi connectivity index (χ0n) is 11.5. The predicted molar refractivity (Wildman–Crippen MR) is 78.9 cm³/mol. The van der Waals surface area contributed by atoms with Crippen molar-refractivity contribution in [3.63, 3.8) is 0 Å². The highest BCUT2D eigenvalue weighted by Crippen LogP contribution is 2.08. The molecular weight excluding hydrogens is 252 g/mol. The van der Waals surface area contributed by atoms with Gasteiger partial charge in [-0.3, -0.25) is 9.59 Å². The Hall–Kier alpha value is -2.10. The molecular formula is C16H20N2O2. The second-order valence-electron chi connectivity index (χ2n) is 4.90. The first-order valence-electron chi connectivity index (χ1n) is 7.04. The minimum atomic E-state index is -0.237. The largest absolute Gasteiger partial charge is 0.343 e. The number of hydrogen-bond acceptors (Lipinski definition) is 2. The van der Waals surface area contributed by atoms with Gasteiger partial charge in [0.05, 0.1) is 6.54 Å². The number of carbonyl (C=O) groups is 2. The zero-order valence-corrected chi connectivity index (χ0v) is 11.5. The molecule has 2 amide bonds. The molecule has 1 aromatic carbocycles. The van der Waals surface area contributed by atoms with Gasteiger partial charge in [-0.1, -0.05) is 30.3 Å². The molecule has 1 N–H and O–H groups in total. The second-order valence-corrected chi connectivity index (χ2v) is 4.90. The molecule has 1 heterocycles. The lowest BCUT2D eigenvalue weighted by Crippen LogP contribution is -2.42. The van der Waals surface area contributed by atoms with E-state index >= 15 is 0 Å². The van der Waals surface area contributed by atoms with Crippen LogP contribution in [0.1, 0.15) is 24.8 Å². The van der Waals surface area contributed by atoms with E-state index in [4.69, 9.17) is 0 Å². The van der Waals surface area contributed by atoms with Gasteiger partial charge in [0.25, 0.3) is 0 Å². The number of piperidine rings is 1. The highest BCUT2D eigenvalue weighted by atomic mass is 16.2. The fraction of sp³-hybridized carbons (Fsp3) is 0.375. The van der Waals surface area contributed by atoms with Crippen LogP contribution in [0.3, 0.4) is 0 Å². The van der Waals surface area contributed by atoms with E-state index in [1.54, 1.807) is 6.08 Å². The molecule has 4 nitrogen and oxygen atoms in total. The van der Waals surface area contributed by atoms with E-state index in [1.807, 2.05) is 35.2 Å². The molecule has 0 spiro atoms. The molecule has 4 heteroatoms. The van der Waals surface area contributed by atoms with E-state index in [9.17, 15) is 9.59 Å². The van der Waals surface area contributed by atoms with Crippen LogP contribution in [0.2, 0.25) is 0 Å². The maximum atomic E-state index is 11.9. The molecule has 1 aliphatic rings. The average Bonchev–Trinajstić information content (AvgIpc) is 2.52. The summed E-state index contributed by atoms with van der Waals surface area (Å²) in [6, 6.07) is 9.59. The summed E-state index contributed by atoms with van der Waals surface area (Å²) >= 11 is 0. The van der Waals surface area contributed by atoms with Crippen molar-refractivity contribution in [2.24, 2.45) is 0 Å². The van der Waals surface area contributed by atoms with Gasteiger partial charge in [-0.15, -0.1) is 0 Å². The van der Waals surface area contributed by atoms with Crippen molar-refractivity contribution in [2.45, 2.75) is 19.3 Å². The van der Waals surface area contributed by atoms with Crippen molar-refractivity contribution in [1.29, 1.82) is 0 Å². The minimum absolute atomic E-state index is 0.00570. The molecule has 0 unspecified atom stereocenters. The van der Waals surface area contributed by atoms with E-state index in [0.717, 1.165) is 31.5 Å². The monoisotopic (exact) mass is 272 g/mol. The third-order valence-corrected chi connectivity index (χ3v) is 3.35. The maximum Gasteiger partial charge on any atom is 0.244 e. The van der Waals surface area contributed by atoms with Crippen molar-refractivity contribution in [1.82, 2.24) is 10.2 Å². The van der Waals surface area contributed by atoms with E-state index < -0.39 is 0 Å². The van der Waals surface area contributed by atoms with Crippen molar-refractivity contribution in [3.8, 4) is 0 Å². The fourth-order valence-electron chi connectivity index (χ4n) is 2.21. The Morgan fingerprint density at radius 2 is 1.80 bits per heavy atom. The standard InChI is InChI=1S/C16H20N2O2/c19-15(10-9-14-7-3-1-4-8-14)17-13-16(20)18-11-5-2-6-12-18/h1,3-4,7-10H,2,5-6,11-13H2,(H,17,19)/b10-9+. The van der Waals surface area contributed by atoms with E-state index in [-0.39, 0.29) is 18.4 Å². The van der Waals surface area contributed by atoms with Crippen LogP contribution >= 0.6 is 0 Å². The van der Waals surface area contributed by atoms with E-state index in [1.165, 1.54) is 12.5 Å². The molecule has 2 rings (SSSR count). The van der Waals surface area contributed by atoms with Gasteiger partial charge >= 0.3 is 0 Å². The molecule has 1 aliphatic heterocycles. The summed E-state index contributed by atoms with van der Waals surface area (Å²) in [6.45, 7) is 1.71. The Balaban J connectivity index is 1.74. The predicted octanol–water partition coefficient (Wildman–Crippen LogP) is 1.83. The topological polar surface area (TPSA) is 49.4 Å². The van der Waals surface area contributed by atoms with Crippen LogP contribution in [0.4, 0.5) is 0 Å². The van der Waals surface area contributed by atoms with E-state index in [0.29, 0.717) is 0 Å². The molecule has 0 aliphatic carbocycles. The second kappa shape index (κ2) is 7.48. The highest BCUT2D eigenvalue weighted by molar-refractivity contribution is 5.94. The summed E-state index contributed by atoms with van der Waals surface area (Å²) in [6.07, 6.45) is 6.51. The van der Waals surface area contributed by atoms with Crippen LogP contribution in [0.15, 0.2) is 36.4 Å².